The summed E-state index contributed by atoms with van der Waals surface area (Å²) < 4.78 is 35.2. The van der Waals surface area contributed by atoms with Gasteiger partial charge in [0.1, 0.15) is 12.4 Å². The number of halogens is 2. The molecule has 9 nitrogen and oxygen atoms in total. The number of nitrogens with zero attached hydrogens (tertiary/aromatic N) is 4. The van der Waals surface area contributed by atoms with Crippen molar-refractivity contribution in [1.29, 1.82) is 0 Å². The number of fused-ring (bicyclic) bond motifs is 1. The summed E-state index contributed by atoms with van der Waals surface area (Å²) in [4.78, 5) is 28.9. The molecule has 3 aromatic heterocycles. The van der Waals surface area contributed by atoms with E-state index < -0.39 is 36.9 Å². The second-order valence-electron chi connectivity index (χ2n) is 7.66. The summed E-state index contributed by atoms with van der Waals surface area (Å²) in [5.74, 6) is -3.34. The van der Waals surface area contributed by atoms with E-state index in [0.29, 0.717) is 21.9 Å². The number of likely N-dealkylation sites (tertiary alicyclic amines) is 1. The third-order valence-electron chi connectivity index (χ3n) is 5.14. The molecule has 32 heavy (non-hydrogen) atoms. The molecule has 4 heterocycles. The lowest BCUT2D eigenvalue weighted by molar-refractivity contribution is -0.0670. The number of nitrogens with one attached hydrogen (secondary N) is 1. The van der Waals surface area contributed by atoms with E-state index in [4.69, 9.17) is 9.84 Å². The largest absolute Gasteiger partial charge is 0.487 e. The number of alkyl halides is 2. The quantitative estimate of drug-likeness (QED) is 0.625. The molecule has 4 rings (SSSR count). The average molecular weight is 445 g/mol. The van der Waals surface area contributed by atoms with Crippen LogP contribution in [0.1, 0.15) is 28.2 Å². The molecule has 1 fully saturated rings. The SMILES string of the molecule is Cc1nn2ccc(OCc3ccccn3)cc2c1C(=O)NC1CN(C(=O)O)CC(F)(F)C1. The van der Waals surface area contributed by atoms with E-state index in [1.165, 1.54) is 4.52 Å². The van der Waals surface area contributed by atoms with Crippen LogP contribution in [-0.2, 0) is 6.61 Å². The van der Waals surface area contributed by atoms with Crippen LogP contribution in [0, 0.1) is 6.92 Å². The van der Waals surface area contributed by atoms with Crippen LogP contribution in [0.15, 0.2) is 42.7 Å². The number of pyridine rings is 2. The van der Waals surface area contributed by atoms with Gasteiger partial charge in [-0.25, -0.2) is 18.1 Å². The molecule has 11 heteroatoms. The highest BCUT2D eigenvalue weighted by Gasteiger charge is 2.42. The van der Waals surface area contributed by atoms with Crippen molar-refractivity contribution in [2.75, 3.05) is 13.1 Å². The summed E-state index contributed by atoms with van der Waals surface area (Å²) in [6.45, 7) is 0.762. The highest BCUT2D eigenvalue weighted by Crippen LogP contribution is 2.28. The zero-order valence-corrected chi connectivity index (χ0v) is 17.2. The van der Waals surface area contributed by atoms with Gasteiger partial charge in [-0.15, -0.1) is 0 Å². The molecule has 0 saturated carbocycles. The Labute approximate surface area is 181 Å². The van der Waals surface area contributed by atoms with Crippen molar-refractivity contribution in [3.05, 3.63) is 59.7 Å². The monoisotopic (exact) mass is 445 g/mol. The fourth-order valence-electron chi connectivity index (χ4n) is 3.75. The van der Waals surface area contributed by atoms with Gasteiger partial charge in [-0.2, -0.15) is 5.10 Å². The maximum atomic E-state index is 14.0. The predicted octanol–water partition coefficient (Wildman–Crippen LogP) is 2.73. The minimum atomic E-state index is -3.22. The number of rotatable bonds is 5. The molecule has 3 aromatic rings. The third kappa shape index (κ3) is 4.61. The van der Waals surface area contributed by atoms with Crippen molar-refractivity contribution in [2.45, 2.75) is 31.9 Å². The van der Waals surface area contributed by atoms with Crippen LogP contribution in [0.4, 0.5) is 13.6 Å². The number of carboxylic acid groups (broad SMARTS) is 1. The molecule has 2 amide bonds. The number of hydrogen-bond acceptors (Lipinski definition) is 5. The van der Waals surface area contributed by atoms with Gasteiger partial charge in [0.15, 0.2) is 0 Å². The van der Waals surface area contributed by atoms with Gasteiger partial charge in [0.25, 0.3) is 11.8 Å². The lowest BCUT2D eigenvalue weighted by Gasteiger charge is -2.36. The lowest BCUT2D eigenvalue weighted by Crippen LogP contribution is -2.56. The Morgan fingerprint density at radius 1 is 1.34 bits per heavy atom. The summed E-state index contributed by atoms with van der Waals surface area (Å²) in [5.41, 5.74) is 1.79. The Morgan fingerprint density at radius 3 is 2.88 bits per heavy atom. The minimum Gasteiger partial charge on any atom is -0.487 e. The van der Waals surface area contributed by atoms with Crippen LogP contribution in [-0.4, -0.2) is 61.7 Å². The molecule has 0 aromatic carbocycles. The van der Waals surface area contributed by atoms with Crippen LogP contribution >= 0.6 is 0 Å². The Morgan fingerprint density at radius 2 is 2.16 bits per heavy atom. The Bertz CT molecular complexity index is 1150. The minimum absolute atomic E-state index is 0.212. The molecule has 0 radical (unpaired) electrons. The fourth-order valence-corrected chi connectivity index (χ4v) is 3.75. The average Bonchev–Trinajstić information content (AvgIpc) is 3.06. The topological polar surface area (TPSA) is 109 Å². The molecule has 1 atom stereocenters. The van der Waals surface area contributed by atoms with E-state index in [9.17, 15) is 18.4 Å². The molecule has 1 aliphatic rings. The second-order valence-corrected chi connectivity index (χ2v) is 7.66. The van der Waals surface area contributed by atoms with Gasteiger partial charge < -0.3 is 20.1 Å². The number of carbonyl (C=O) groups is 2. The standard InChI is InChI=1S/C21H21F2N5O4/c1-13-18(19(29)25-15-9-21(22,23)12-27(10-15)20(30)31)17-8-16(5-7-28(17)26-13)32-11-14-4-2-3-6-24-14/h2-8,15H,9-12H2,1H3,(H,25,29)(H,30,31). The first-order valence-corrected chi connectivity index (χ1v) is 9.90. The predicted molar refractivity (Wildman–Crippen MR) is 109 cm³/mol. The van der Waals surface area contributed by atoms with E-state index in [1.54, 1.807) is 37.5 Å². The summed E-state index contributed by atoms with van der Waals surface area (Å²) in [5, 5.41) is 15.9. The van der Waals surface area contributed by atoms with Gasteiger partial charge in [0.05, 0.1) is 35.1 Å². The van der Waals surface area contributed by atoms with E-state index in [1.807, 2.05) is 12.1 Å². The van der Waals surface area contributed by atoms with E-state index in [-0.39, 0.29) is 18.7 Å². The molecule has 2 N–H and O–H groups in total. The number of hydrogen-bond donors (Lipinski definition) is 2. The van der Waals surface area contributed by atoms with Gasteiger partial charge in [0, 0.05) is 31.4 Å². The number of aryl methyl sites for hydroxylation is 1. The van der Waals surface area contributed by atoms with Gasteiger partial charge >= 0.3 is 6.09 Å². The number of piperidine rings is 1. The molecular weight excluding hydrogens is 424 g/mol. The zero-order chi connectivity index (χ0) is 22.9. The molecule has 1 aliphatic heterocycles. The van der Waals surface area contributed by atoms with E-state index in [0.717, 1.165) is 5.69 Å². The Kier molecular flexibility index (Phi) is 5.64. The molecule has 1 saturated heterocycles. The summed E-state index contributed by atoms with van der Waals surface area (Å²) in [7, 11) is 0. The van der Waals surface area contributed by atoms with Crippen LogP contribution in [0.2, 0.25) is 0 Å². The second kappa shape index (κ2) is 8.40. The normalized spacial score (nSPS) is 17.8. The van der Waals surface area contributed by atoms with Gasteiger partial charge in [0.2, 0.25) is 0 Å². The molecule has 0 aliphatic carbocycles. The van der Waals surface area contributed by atoms with Crippen LogP contribution in [0.25, 0.3) is 5.52 Å². The smallest absolute Gasteiger partial charge is 0.407 e. The Hall–Kier alpha value is -3.76. The van der Waals surface area contributed by atoms with Crippen LogP contribution in [0.3, 0.4) is 0 Å². The number of aromatic nitrogens is 3. The third-order valence-corrected chi connectivity index (χ3v) is 5.14. The van der Waals surface area contributed by atoms with Crippen LogP contribution in [0.5, 0.6) is 5.75 Å². The lowest BCUT2D eigenvalue weighted by atomic mass is 10.0. The van der Waals surface area contributed by atoms with E-state index in [2.05, 4.69) is 15.4 Å². The van der Waals surface area contributed by atoms with Gasteiger partial charge in [-0.3, -0.25) is 9.78 Å². The molecule has 0 bridgehead atoms. The number of amides is 2. The fraction of sp³-hybridized carbons (Fsp3) is 0.333. The van der Waals surface area contributed by atoms with Crippen LogP contribution < -0.4 is 10.1 Å². The zero-order valence-electron chi connectivity index (χ0n) is 17.2. The van der Waals surface area contributed by atoms with Crippen molar-refractivity contribution >= 4 is 17.5 Å². The first-order chi connectivity index (χ1) is 15.2. The maximum Gasteiger partial charge on any atom is 0.407 e. The highest BCUT2D eigenvalue weighted by atomic mass is 19.3. The molecule has 168 valence electrons. The molecular formula is C21H21F2N5O4. The summed E-state index contributed by atoms with van der Waals surface area (Å²) in [6.07, 6.45) is 1.20. The number of ether oxygens (including phenoxy) is 1. The van der Waals surface area contributed by atoms with Gasteiger partial charge in [-0.05, 0) is 25.1 Å². The van der Waals surface area contributed by atoms with Crippen molar-refractivity contribution in [3.8, 4) is 5.75 Å². The van der Waals surface area contributed by atoms with Crippen molar-refractivity contribution in [3.63, 3.8) is 0 Å². The van der Waals surface area contributed by atoms with Crippen molar-refractivity contribution < 1.29 is 28.2 Å². The first-order valence-electron chi connectivity index (χ1n) is 9.90. The Balaban J connectivity index is 1.54. The van der Waals surface area contributed by atoms with Gasteiger partial charge in [-0.1, -0.05) is 6.07 Å². The first kappa shape index (κ1) is 21.5. The molecule has 1 unspecified atom stereocenters. The summed E-state index contributed by atoms with van der Waals surface area (Å²) in [6, 6.07) is 7.76. The number of carbonyl (C=O) groups excluding carboxylic acids is 1. The van der Waals surface area contributed by atoms with Crippen molar-refractivity contribution in [2.24, 2.45) is 0 Å². The van der Waals surface area contributed by atoms with E-state index >= 15 is 0 Å². The van der Waals surface area contributed by atoms with Crippen molar-refractivity contribution in [1.82, 2.24) is 24.8 Å². The summed E-state index contributed by atoms with van der Waals surface area (Å²) >= 11 is 0. The maximum absolute atomic E-state index is 14.0. The highest BCUT2D eigenvalue weighted by molar-refractivity contribution is 6.02. The molecule has 0 spiro atoms.